The minimum absolute atomic E-state index is 0.591. The number of thiocarbonyl (C=S) groups is 1. The van der Waals surface area contributed by atoms with E-state index in [9.17, 15) is 0 Å². The molecule has 0 aliphatic heterocycles. The maximum Gasteiger partial charge on any atom is 0.171 e. The third-order valence-electron chi connectivity index (χ3n) is 3.63. The van der Waals surface area contributed by atoms with Crippen LogP contribution in [0.3, 0.4) is 0 Å². The molecule has 0 aliphatic carbocycles. The molecule has 120 valence electrons. The van der Waals surface area contributed by atoms with E-state index >= 15 is 0 Å². The third kappa shape index (κ3) is 4.34. The highest BCUT2D eigenvalue weighted by Gasteiger charge is 2.05. The molecule has 4 heteroatoms. The van der Waals surface area contributed by atoms with Gasteiger partial charge >= 0.3 is 0 Å². The van der Waals surface area contributed by atoms with Crippen LogP contribution in [0.5, 0.6) is 0 Å². The average Bonchev–Trinajstić information content (AvgIpc) is 2.62. The summed E-state index contributed by atoms with van der Waals surface area (Å²) in [4.78, 5) is 0. The van der Waals surface area contributed by atoms with Gasteiger partial charge in [0.25, 0.3) is 0 Å². The van der Waals surface area contributed by atoms with Gasteiger partial charge in [0.1, 0.15) is 0 Å². The van der Waals surface area contributed by atoms with Crippen LogP contribution in [0.2, 0.25) is 5.02 Å². The summed E-state index contributed by atoms with van der Waals surface area (Å²) in [7, 11) is 0. The molecule has 24 heavy (non-hydrogen) atoms. The van der Waals surface area contributed by atoms with Crippen LogP contribution in [-0.4, -0.2) is 5.11 Å². The van der Waals surface area contributed by atoms with Gasteiger partial charge in [0, 0.05) is 22.8 Å². The van der Waals surface area contributed by atoms with E-state index in [1.165, 1.54) is 0 Å². The van der Waals surface area contributed by atoms with Gasteiger partial charge in [-0.2, -0.15) is 0 Å². The Morgan fingerprint density at radius 1 is 0.833 bits per heavy atom. The second kappa shape index (κ2) is 7.95. The van der Waals surface area contributed by atoms with Gasteiger partial charge in [-0.1, -0.05) is 72.3 Å². The lowest BCUT2D eigenvalue weighted by atomic mass is 10.0. The Morgan fingerprint density at radius 3 is 2.25 bits per heavy atom. The molecule has 0 aromatic heterocycles. The summed E-state index contributed by atoms with van der Waals surface area (Å²) in [6.07, 6.45) is 0. The molecule has 0 aliphatic rings. The first kappa shape index (κ1) is 16.5. The van der Waals surface area contributed by atoms with Gasteiger partial charge in [0.05, 0.1) is 0 Å². The highest BCUT2D eigenvalue weighted by Crippen LogP contribution is 2.27. The lowest BCUT2D eigenvalue weighted by Gasteiger charge is -2.14. The Morgan fingerprint density at radius 2 is 1.50 bits per heavy atom. The molecule has 0 radical (unpaired) electrons. The summed E-state index contributed by atoms with van der Waals surface area (Å²) in [5.41, 5.74) is 4.38. The second-order valence-corrected chi connectivity index (χ2v) is 6.19. The standard InChI is InChI=1S/C20H17ClN2S/c21-17-12-10-15(11-13-17)14-22-20(24)23-19-9-5-4-8-18(19)16-6-2-1-3-7-16/h1-13H,14H2,(H2,22,23,24). The van der Waals surface area contributed by atoms with Gasteiger partial charge < -0.3 is 10.6 Å². The van der Waals surface area contributed by atoms with Crippen molar-refractivity contribution < 1.29 is 0 Å². The predicted molar refractivity (Wildman–Crippen MR) is 106 cm³/mol. The topological polar surface area (TPSA) is 24.1 Å². The van der Waals surface area contributed by atoms with E-state index in [2.05, 4.69) is 28.8 Å². The molecular weight excluding hydrogens is 336 g/mol. The van der Waals surface area contributed by atoms with Crippen molar-refractivity contribution >= 4 is 34.6 Å². The maximum absolute atomic E-state index is 5.90. The highest BCUT2D eigenvalue weighted by molar-refractivity contribution is 7.80. The molecule has 2 nitrogen and oxygen atoms in total. The van der Waals surface area contributed by atoms with E-state index in [1.807, 2.05) is 60.7 Å². The summed E-state index contributed by atoms with van der Waals surface area (Å²) in [6.45, 7) is 0.649. The zero-order valence-electron chi connectivity index (χ0n) is 13.0. The molecule has 0 fully saturated rings. The number of nitrogens with one attached hydrogen (secondary N) is 2. The van der Waals surface area contributed by atoms with E-state index < -0.39 is 0 Å². The zero-order valence-corrected chi connectivity index (χ0v) is 14.6. The summed E-state index contributed by atoms with van der Waals surface area (Å²) >= 11 is 11.3. The first-order valence-electron chi connectivity index (χ1n) is 7.66. The summed E-state index contributed by atoms with van der Waals surface area (Å²) in [5.74, 6) is 0. The first-order chi connectivity index (χ1) is 11.7. The normalized spacial score (nSPS) is 10.2. The van der Waals surface area contributed by atoms with Gasteiger partial charge in [-0.25, -0.2) is 0 Å². The van der Waals surface area contributed by atoms with Crippen molar-refractivity contribution in [2.24, 2.45) is 0 Å². The molecule has 0 atom stereocenters. The second-order valence-electron chi connectivity index (χ2n) is 5.35. The number of halogens is 1. The summed E-state index contributed by atoms with van der Waals surface area (Å²) in [5, 5.41) is 7.83. The Hall–Kier alpha value is -2.36. The van der Waals surface area contributed by atoms with Crippen LogP contribution >= 0.6 is 23.8 Å². The minimum atomic E-state index is 0.591. The van der Waals surface area contributed by atoms with Gasteiger partial charge in [-0.15, -0.1) is 0 Å². The van der Waals surface area contributed by atoms with Gasteiger partial charge in [0.15, 0.2) is 5.11 Å². The van der Waals surface area contributed by atoms with E-state index in [0.717, 1.165) is 27.4 Å². The SMILES string of the molecule is S=C(NCc1ccc(Cl)cc1)Nc1ccccc1-c1ccccc1. The van der Waals surface area contributed by atoms with Crippen LogP contribution < -0.4 is 10.6 Å². The Balaban J connectivity index is 1.67. The molecule has 0 bridgehead atoms. The first-order valence-corrected chi connectivity index (χ1v) is 8.45. The summed E-state index contributed by atoms with van der Waals surface area (Å²) < 4.78 is 0. The molecule has 0 heterocycles. The van der Waals surface area contributed by atoms with Crippen molar-refractivity contribution in [1.29, 1.82) is 0 Å². The van der Waals surface area contributed by atoms with E-state index in [-0.39, 0.29) is 0 Å². The number of hydrogen-bond donors (Lipinski definition) is 2. The van der Waals surface area contributed by atoms with Crippen molar-refractivity contribution in [3.05, 3.63) is 89.4 Å². The summed E-state index contributed by atoms with van der Waals surface area (Å²) in [6, 6.07) is 26.1. The largest absolute Gasteiger partial charge is 0.358 e. The van der Waals surface area contributed by atoms with Crippen LogP contribution in [0, 0.1) is 0 Å². The third-order valence-corrected chi connectivity index (χ3v) is 4.12. The molecule has 0 saturated carbocycles. The molecule has 3 rings (SSSR count). The Kier molecular flexibility index (Phi) is 5.47. The molecule has 3 aromatic rings. The fraction of sp³-hybridized carbons (Fsp3) is 0.0500. The monoisotopic (exact) mass is 352 g/mol. The van der Waals surface area contributed by atoms with Crippen molar-refractivity contribution in [2.45, 2.75) is 6.54 Å². The van der Waals surface area contributed by atoms with Crippen LogP contribution in [0.25, 0.3) is 11.1 Å². The van der Waals surface area contributed by atoms with Gasteiger partial charge in [-0.05, 0) is 41.5 Å². The zero-order chi connectivity index (χ0) is 16.8. The number of hydrogen-bond acceptors (Lipinski definition) is 1. The van der Waals surface area contributed by atoms with Crippen LogP contribution in [0.4, 0.5) is 5.69 Å². The molecule has 0 unspecified atom stereocenters. The molecular formula is C20H17ClN2S. The maximum atomic E-state index is 5.90. The molecule has 3 aromatic carbocycles. The fourth-order valence-electron chi connectivity index (χ4n) is 2.41. The molecule has 2 N–H and O–H groups in total. The molecule has 0 spiro atoms. The van der Waals surface area contributed by atoms with E-state index in [4.69, 9.17) is 23.8 Å². The van der Waals surface area contributed by atoms with Crippen molar-refractivity contribution in [1.82, 2.24) is 5.32 Å². The minimum Gasteiger partial charge on any atom is -0.358 e. The molecule has 0 saturated heterocycles. The van der Waals surface area contributed by atoms with Crippen molar-refractivity contribution in [3.8, 4) is 11.1 Å². The Labute approximate surface area is 152 Å². The van der Waals surface area contributed by atoms with Gasteiger partial charge in [0.2, 0.25) is 0 Å². The quantitative estimate of drug-likeness (QED) is 0.607. The Bertz CT molecular complexity index is 817. The smallest absolute Gasteiger partial charge is 0.171 e. The lowest BCUT2D eigenvalue weighted by molar-refractivity contribution is 0.926. The van der Waals surface area contributed by atoms with Crippen molar-refractivity contribution in [2.75, 3.05) is 5.32 Å². The van der Waals surface area contributed by atoms with E-state index in [1.54, 1.807) is 0 Å². The number of benzene rings is 3. The van der Waals surface area contributed by atoms with Gasteiger partial charge in [-0.3, -0.25) is 0 Å². The van der Waals surface area contributed by atoms with Crippen molar-refractivity contribution in [3.63, 3.8) is 0 Å². The number of rotatable bonds is 4. The van der Waals surface area contributed by atoms with Crippen LogP contribution in [0.15, 0.2) is 78.9 Å². The molecule has 0 amide bonds. The number of para-hydroxylation sites is 1. The number of anilines is 1. The van der Waals surface area contributed by atoms with Crippen LogP contribution in [0.1, 0.15) is 5.56 Å². The fourth-order valence-corrected chi connectivity index (χ4v) is 2.72. The highest BCUT2D eigenvalue weighted by atomic mass is 35.5. The van der Waals surface area contributed by atoms with Crippen LogP contribution in [-0.2, 0) is 6.54 Å². The average molecular weight is 353 g/mol. The predicted octanol–water partition coefficient (Wildman–Crippen LogP) is 5.49. The lowest BCUT2D eigenvalue weighted by Crippen LogP contribution is -2.28. The van der Waals surface area contributed by atoms with E-state index in [0.29, 0.717) is 11.7 Å².